The highest BCUT2D eigenvalue weighted by atomic mass is 35.5. The van der Waals surface area contributed by atoms with E-state index in [0.29, 0.717) is 17.3 Å². The molecule has 2 aromatic carbocycles. The Labute approximate surface area is 146 Å². The van der Waals surface area contributed by atoms with Gasteiger partial charge in [0, 0.05) is 30.0 Å². The molecule has 0 unspecified atom stereocenters. The van der Waals surface area contributed by atoms with E-state index in [4.69, 9.17) is 11.6 Å². The second-order valence-electron chi connectivity index (χ2n) is 5.61. The van der Waals surface area contributed by atoms with E-state index in [1.54, 1.807) is 30.5 Å². The summed E-state index contributed by atoms with van der Waals surface area (Å²) in [5.41, 5.74) is 3.20. The maximum atomic E-state index is 12.3. The average molecular weight is 338 g/mol. The van der Waals surface area contributed by atoms with Gasteiger partial charge < -0.3 is 10.2 Å². The number of hydrogen-bond donors (Lipinski definition) is 1. The Morgan fingerprint density at radius 3 is 2.75 bits per heavy atom. The number of benzene rings is 2. The molecule has 2 aromatic rings. The third-order valence-corrected chi connectivity index (χ3v) is 4.15. The lowest BCUT2D eigenvalue weighted by atomic mass is 10.0. The quantitative estimate of drug-likeness (QED) is 0.685. The predicted octanol–water partition coefficient (Wildman–Crippen LogP) is 3.74. The SMILES string of the molecule is N#C/C(=C/N1CCc2ccccc2C1)C(=O)Nc1cccc(Cl)c1. The predicted molar refractivity (Wildman–Crippen MR) is 94.3 cm³/mol. The number of nitriles is 1. The van der Waals surface area contributed by atoms with Gasteiger partial charge in [-0.1, -0.05) is 41.9 Å². The van der Waals surface area contributed by atoms with Gasteiger partial charge in [-0.25, -0.2) is 0 Å². The van der Waals surface area contributed by atoms with Crippen molar-refractivity contribution in [1.82, 2.24) is 4.90 Å². The summed E-state index contributed by atoms with van der Waals surface area (Å²) >= 11 is 5.91. The van der Waals surface area contributed by atoms with Crippen molar-refractivity contribution in [3.63, 3.8) is 0 Å². The van der Waals surface area contributed by atoms with E-state index in [-0.39, 0.29) is 5.57 Å². The minimum atomic E-state index is -0.432. The molecular weight excluding hydrogens is 322 g/mol. The topological polar surface area (TPSA) is 56.1 Å². The molecule has 0 spiro atoms. The standard InChI is InChI=1S/C19H16ClN3O/c20-17-6-3-7-18(10-17)22-19(24)16(11-21)13-23-9-8-14-4-1-2-5-15(14)12-23/h1-7,10,13H,8-9,12H2,(H,22,24)/b16-13-. The van der Waals surface area contributed by atoms with Crippen LogP contribution in [0.3, 0.4) is 0 Å². The van der Waals surface area contributed by atoms with Gasteiger partial charge >= 0.3 is 0 Å². The Bertz CT molecular complexity index is 839. The van der Waals surface area contributed by atoms with Gasteiger partial charge in [0.15, 0.2) is 0 Å². The van der Waals surface area contributed by atoms with Crippen molar-refractivity contribution in [2.24, 2.45) is 0 Å². The van der Waals surface area contributed by atoms with Crippen LogP contribution in [0.5, 0.6) is 0 Å². The lowest BCUT2D eigenvalue weighted by molar-refractivity contribution is -0.112. The Kier molecular flexibility index (Phi) is 4.83. The van der Waals surface area contributed by atoms with Gasteiger partial charge in [0.05, 0.1) is 0 Å². The molecule has 24 heavy (non-hydrogen) atoms. The number of hydrogen-bond acceptors (Lipinski definition) is 3. The van der Waals surface area contributed by atoms with Crippen LogP contribution in [-0.2, 0) is 17.8 Å². The van der Waals surface area contributed by atoms with Gasteiger partial charge in [0.1, 0.15) is 11.6 Å². The fraction of sp³-hybridized carbons (Fsp3) is 0.158. The molecule has 3 rings (SSSR count). The van der Waals surface area contributed by atoms with E-state index in [1.807, 2.05) is 23.1 Å². The first-order valence-corrected chi connectivity index (χ1v) is 8.03. The zero-order valence-corrected chi connectivity index (χ0v) is 13.8. The van der Waals surface area contributed by atoms with E-state index in [2.05, 4.69) is 17.4 Å². The molecule has 5 heteroatoms. The van der Waals surface area contributed by atoms with Crippen LogP contribution in [0.1, 0.15) is 11.1 Å². The molecule has 4 nitrogen and oxygen atoms in total. The number of fused-ring (bicyclic) bond motifs is 1. The van der Waals surface area contributed by atoms with Crippen molar-refractivity contribution in [3.8, 4) is 6.07 Å². The molecule has 0 fully saturated rings. The fourth-order valence-corrected chi connectivity index (χ4v) is 2.90. The van der Waals surface area contributed by atoms with Crippen LogP contribution in [-0.4, -0.2) is 17.4 Å². The van der Waals surface area contributed by atoms with Crippen LogP contribution in [0.4, 0.5) is 5.69 Å². The van der Waals surface area contributed by atoms with Gasteiger partial charge in [-0.05, 0) is 35.7 Å². The van der Waals surface area contributed by atoms with E-state index in [9.17, 15) is 10.1 Å². The van der Waals surface area contributed by atoms with Crippen molar-refractivity contribution in [2.45, 2.75) is 13.0 Å². The summed E-state index contributed by atoms with van der Waals surface area (Å²) in [5.74, 6) is -0.432. The highest BCUT2D eigenvalue weighted by molar-refractivity contribution is 6.31. The summed E-state index contributed by atoms with van der Waals surface area (Å²) in [6.45, 7) is 1.48. The van der Waals surface area contributed by atoms with E-state index in [0.717, 1.165) is 13.0 Å². The van der Waals surface area contributed by atoms with Gasteiger partial charge in [-0.15, -0.1) is 0 Å². The summed E-state index contributed by atoms with van der Waals surface area (Å²) in [6, 6.07) is 17.1. The Morgan fingerprint density at radius 1 is 1.21 bits per heavy atom. The van der Waals surface area contributed by atoms with Crippen LogP contribution in [0.25, 0.3) is 0 Å². The number of halogens is 1. The lowest BCUT2D eigenvalue weighted by Crippen LogP contribution is -2.27. The number of amides is 1. The third kappa shape index (κ3) is 3.76. The minimum absolute atomic E-state index is 0.0781. The molecule has 1 amide bonds. The molecule has 0 radical (unpaired) electrons. The maximum absolute atomic E-state index is 12.3. The second-order valence-corrected chi connectivity index (χ2v) is 6.04. The van der Waals surface area contributed by atoms with Crippen LogP contribution >= 0.6 is 11.6 Å². The molecule has 0 saturated heterocycles. The van der Waals surface area contributed by atoms with E-state index < -0.39 is 5.91 Å². The fourth-order valence-electron chi connectivity index (χ4n) is 2.71. The molecule has 1 aliphatic heterocycles. The first kappa shape index (κ1) is 16.1. The Balaban J connectivity index is 1.73. The normalized spacial score (nSPS) is 13.8. The Morgan fingerprint density at radius 2 is 2.00 bits per heavy atom. The van der Waals surface area contributed by atoms with E-state index in [1.165, 1.54) is 11.1 Å². The smallest absolute Gasteiger partial charge is 0.267 e. The molecule has 1 heterocycles. The Hall–Kier alpha value is -2.77. The average Bonchev–Trinajstić information content (AvgIpc) is 2.59. The summed E-state index contributed by atoms with van der Waals surface area (Å²) in [5, 5.41) is 12.6. The highest BCUT2D eigenvalue weighted by Crippen LogP contribution is 2.20. The van der Waals surface area contributed by atoms with Crippen molar-refractivity contribution in [1.29, 1.82) is 5.26 Å². The summed E-state index contributed by atoms with van der Waals surface area (Å²) in [7, 11) is 0. The van der Waals surface area contributed by atoms with Crippen molar-refractivity contribution >= 4 is 23.2 Å². The molecule has 1 aliphatic rings. The molecular formula is C19H16ClN3O. The molecule has 1 N–H and O–H groups in total. The van der Waals surface area contributed by atoms with Crippen LogP contribution in [0.15, 0.2) is 60.3 Å². The molecule has 0 saturated carbocycles. The summed E-state index contributed by atoms with van der Waals surface area (Å²) < 4.78 is 0. The third-order valence-electron chi connectivity index (χ3n) is 3.92. The zero-order chi connectivity index (χ0) is 16.9. The van der Waals surface area contributed by atoms with E-state index >= 15 is 0 Å². The number of nitrogens with one attached hydrogen (secondary N) is 1. The molecule has 0 atom stereocenters. The number of anilines is 1. The summed E-state index contributed by atoms with van der Waals surface area (Å²) in [4.78, 5) is 14.3. The van der Waals surface area contributed by atoms with Gasteiger partial charge in [0.2, 0.25) is 0 Å². The number of rotatable bonds is 3. The number of nitrogens with zero attached hydrogens (tertiary/aromatic N) is 2. The van der Waals surface area contributed by atoms with Crippen molar-refractivity contribution in [2.75, 3.05) is 11.9 Å². The largest absolute Gasteiger partial charge is 0.371 e. The maximum Gasteiger partial charge on any atom is 0.267 e. The van der Waals surface area contributed by atoms with Crippen LogP contribution in [0, 0.1) is 11.3 Å². The number of carbonyl (C=O) groups is 1. The number of carbonyl (C=O) groups excluding carboxylic acids is 1. The first-order valence-electron chi connectivity index (χ1n) is 7.65. The lowest BCUT2D eigenvalue weighted by Gasteiger charge is -2.27. The van der Waals surface area contributed by atoms with Crippen molar-refractivity contribution < 1.29 is 4.79 Å². The first-order chi connectivity index (χ1) is 11.7. The highest BCUT2D eigenvalue weighted by Gasteiger charge is 2.16. The summed E-state index contributed by atoms with van der Waals surface area (Å²) in [6.07, 6.45) is 2.54. The zero-order valence-electron chi connectivity index (χ0n) is 13.0. The van der Waals surface area contributed by atoms with Gasteiger partial charge in [-0.3, -0.25) is 4.79 Å². The minimum Gasteiger partial charge on any atom is -0.371 e. The van der Waals surface area contributed by atoms with Gasteiger partial charge in [-0.2, -0.15) is 5.26 Å². The molecule has 0 aliphatic carbocycles. The molecule has 120 valence electrons. The monoisotopic (exact) mass is 337 g/mol. The molecule has 0 aromatic heterocycles. The van der Waals surface area contributed by atoms with Gasteiger partial charge in [0.25, 0.3) is 5.91 Å². The van der Waals surface area contributed by atoms with Crippen molar-refractivity contribution in [3.05, 3.63) is 76.5 Å². The van der Waals surface area contributed by atoms with Crippen LogP contribution in [0.2, 0.25) is 5.02 Å². The second kappa shape index (κ2) is 7.20. The molecule has 0 bridgehead atoms. The van der Waals surface area contributed by atoms with Crippen LogP contribution < -0.4 is 5.32 Å².